The molecule has 0 radical (unpaired) electrons. The van der Waals surface area contributed by atoms with Crippen LogP contribution in [0.25, 0.3) is 0 Å². The van der Waals surface area contributed by atoms with Crippen LogP contribution in [0.15, 0.2) is 18.2 Å². The molecular formula is C15H19NO5. The molecule has 1 unspecified atom stereocenters. The first-order valence-electron chi connectivity index (χ1n) is 6.68. The predicted octanol–water partition coefficient (Wildman–Crippen LogP) is 1.23. The summed E-state index contributed by atoms with van der Waals surface area (Å²) in [5.41, 5.74) is -0.417. The van der Waals surface area contributed by atoms with Gasteiger partial charge in [-0.15, -0.1) is 0 Å². The number of nitrogens with one attached hydrogen (secondary N) is 1. The molecular weight excluding hydrogens is 274 g/mol. The molecule has 0 saturated carbocycles. The van der Waals surface area contributed by atoms with E-state index >= 15 is 0 Å². The van der Waals surface area contributed by atoms with Gasteiger partial charge in [0.15, 0.2) is 0 Å². The number of hydrogen-bond donors (Lipinski definition) is 2. The Morgan fingerprint density at radius 1 is 1.43 bits per heavy atom. The van der Waals surface area contributed by atoms with Crippen LogP contribution in [0.3, 0.4) is 0 Å². The number of amides is 1. The third-order valence-corrected chi connectivity index (χ3v) is 3.52. The standard InChI is InChI=1S/C15H19NO5/c1-15(2,14(18)19)16-13(17)10-6-9-7-11(20-3)4-5-12(9)21-8-10/h4-5,7,10H,6,8H2,1-3H3,(H,16,17)(H,18,19). The van der Waals surface area contributed by atoms with E-state index < -0.39 is 17.4 Å². The molecule has 1 aromatic carbocycles. The summed E-state index contributed by atoms with van der Waals surface area (Å²) in [5.74, 6) is -0.379. The summed E-state index contributed by atoms with van der Waals surface area (Å²) in [5, 5.41) is 11.6. The van der Waals surface area contributed by atoms with Crippen LogP contribution in [0.4, 0.5) is 0 Å². The van der Waals surface area contributed by atoms with Gasteiger partial charge < -0.3 is 19.9 Å². The van der Waals surface area contributed by atoms with E-state index in [1.54, 1.807) is 13.2 Å². The van der Waals surface area contributed by atoms with Crippen LogP contribution >= 0.6 is 0 Å². The molecule has 21 heavy (non-hydrogen) atoms. The van der Waals surface area contributed by atoms with E-state index in [1.165, 1.54) is 13.8 Å². The average Bonchev–Trinajstić information content (AvgIpc) is 2.45. The molecule has 1 atom stereocenters. The molecule has 2 N–H and O–H groups in total. The third-order valence-electron chi connectivity index (χ3n) is 3.52. The summed E-state index contributed by atoms with van der Waals surface area (Å²) in [4.78, 5) is 23.3. The second-order valence-electron chi connectivity index (χ2n) is 5.61. The molecule has 1 aromatic rings. The third kappa shape index (κ3) is 3.26. The lowest BCUT2D eigenvalue weighted by molar-refractivity contribution is -0.147. The molecule has 0 spiro atoms. The zero-order valence-electron chi connectivity index (χ0n) is 12.3. The van der Waals surface area contributed by atoms with Crippen LogP contribution in [0.5, 0.6) is 11.5 Å². The van der Waals surface area contributed by atoms with Crippen molar-refractivity contribution in [2.24, 2.45) is 5.92 Å². The number of methoxy groups -OCH3 is 1. The summed E-state index contributed by atoms with van der Waals surface area (Å²) in [6, 6.07) is 5.44. The average molecular weight is 293 g/mol. The van der Waals surface area contributed by atoms with Gasteiger partial charge in [-0.2, -0.15) is 0 Å². The van der Waals surface area contributed by atoms with E-state index in [0.717, 1.165) is 11.3 Å². The van der Waals surface area contributed by atoms with Crippen molar-refractivity contribution >= 4 is 11.9 Å². The number of aliphatic carboxylic acids is 1. The summed E-state index contributed by atoms with van der Waals surface area (Å²) >= 11 is 0. The molecule has 0 fully saturated rings. The van der Waals surface area contributed by atoms with Gasteiger partial charge in [0, 0.05) is 0 Å². The number of carbonyl (C=O) groups excluding carboxylic acids is 1. The Kier molecular flexibility index (Phi) is 4.06. The van der Waals surface area contributed by atoms with Crippen molar-refractivity contribution in [1.29, 1.82) is 0 Å². The highest BCUT2D eigenvalue weighted by molar-refractivity contribution is 5.87. The molecule has 1 amide bonds. The topological polar surface area (TPSA) is 84.9 Å². The molecule has 0 bridgehead atoms. The summed E-state index contributed by atoms with van der Waals surface area (Å²) < 4.78 is 10.7. The molecule has 0 saturated heterocycles. The quantitative estimate of drug-likeness (QED) is 0.872. The molecule has 6 heteroatoms. The van der Waals surface area contributed by atoms with Crippen LogP contribution in [-0.4, -0.2) is 36.2 Å². The molecule has 0 aliphatic carbocycles. The van der Waals surface area contributed by atoms with Crippen molar-refractivity contribution in [2.45, 2.75) is 25.8 Å². The van der Waals surface area contributed by atoms with Crippen molar-refractivity contribution < 1.29 is 24.2 Å². The van der Waals surface area contributed by atoms with Crippen LogP contribution in [-0.2, 0) is 16.0 Å². The molecule has 1 aliphatic rings. The number of carboxylic acid groups (broad SMARTS) is 1. The van der Waals surface area contributed by atoms with Crippen LogP contribution in [0.1, 0.15) is 19.4 Å². The number of carboxylic acids is 1. The first-order valence-corrected chi connectivity index (χ1v) is 6.68. The first kappa shape index (κ1) is 15.2. The van der Waals surface area contributed by atoms with E-state index in [2.05, 4.69) is 5.32 Å². The fourth-order valence-electron chi connectivity index (χ4n) is 2.13. The smallest absolute Gasteiger partial charge is 0.328 e. The van der Waals surface area contributed by atoms with E-state index in [9.17, 15) is 9.59 Å². The van der Waals surface area contributed by atoms with Gasteiger partial charge in [0.25, 0.3) is 0 Å². The highest BCUT2D eigenvalue weighted by Crippen LogP contribution is 2.30. The lowest BCUT2D eigenvalue weighted by atomic mass is 9.94. The van der Waals surface area contributed by atoms with Crippen LogP contribution in [0, 0.1) is 5.92 Å². The second kappa shape index (κ2) is 5.63. The maximum Gasteiger partial charge on any atom is 0.328 e. The highest BCUT2D eigenvalue weighted by Gasteiger charge is 2.34. The van der Waals surface area contributed by atoms with Gasteiger partial charge in [0.2, 0.25) is 5.91 Å². The minimum absolute atomic E-state index is 0.237. The number of rotatable bonds is 4. The van der Waals surface area contributed by atoms with Crippen LogP contribution in [0.2, 0.25) is 0 Å². The monoisotopic (exact) mass is 293 g/mol. The first-order chi connectivity index (χ1) is 9.83. The van der Waals surface area contributed by atoms with Gasteiger partial charge in [-0.3, -0.25) is 4.79 Å². The van der Waals surface area contributed by atoms with E-state index in [-0.39, 0.29) is 12.5 Å². The van der Waals surface area contributed by atoms with E-state index in [4.69, 9.17) is 14.6 Å². The van der Waals surface area contributed by atoms with Crippen molar-refractivity contribution in [3.63, 3.8) is 0 Å². The molecule has 114 valence electrons. The molecule has 2 rings (SSSR count). The fraction of sp³-hybridized carbons (Fsp3) is 0.467. The van der Waals surface area contributed by atoms with Crippen molar-refractivity contribution in [3.05, 3.63) is 23.8 Å². The number of hydrogen-bond acceptors (Lipinski definition) is 4. The van der Waals surface area contributed by atoms with Gasteiger partial charge in [-0.1, -0.05) is 0 Å². The number of fused-ring (bicyclic) bond motifs is 1. The van der Waals surface area contributed by atoms with Gasteiger partial charge >= 0.3 is 5.97 Å². The summed E-state index contributed by atoms with van der Waals surface area (Å²) in [6.07, 6.45) is 0.494. The van der Waals surface area contributed by atoms with Gasteiger partial charge in [0.05, 0.1) is 13.0 Å². The van der Waals surface area contributed by atoms with Crippen molar-refractivity contribution in [3.8, 4) is 11.5 Å². The van der Waals surface area contributed by atoms with Gasteiger partial charge in [-0.05, 0) is 44.0 Å². The van der Waals surface area contributed by atoms with Gasteiger partial charge in [-0.25, -0.2) is 4.79 Å². The van der Waals surface area contributed by atoms with Crippen molar-refractivity contribution in [2.75, 3.05) is 13.7 Å². The lowest BCUT2D eigenvalue weighted by Crippen LogP contribution is -2.52. The van der Waals surface area contributed by atoms with E-state index in [1.807, 2.05) is 12.1 Å². The Morgan fingerprint density at radius 2 is 2.14 bits per heavy atom. The normalized spacial score (nSPS) is 17.4. The Morgan fingerprint density at radius 3 is 2.76 bits per heavy atom. The largest absolute Gasteiger partial charge is 0.497 e. The molecule has 1 heterocycles. The zero-order chi connectivity index (χ0) is 15.6. The Bertz CT molecular complexity index is 567. The van der Waals surface area contributed by atoms with E-state index in [0.29, 0.717) is 12.2 Å². The molecule has 0 aromatic heterocycles. The zero-order valence-corrected chi connectivity index (χ0v) is 12.3. The Labute approximate surface area is 123 Å². The maximum atomic E-state index is 12.2. The Hall–Kier alpha value is -2.24. The lowest BCUT2D eigenvalue weighted by Gasteiger charge is -2.28. The number of ether oxygens (including phenoxy) is 2. The van der Waals surface area contributed by atoms with Crippen molar-refractivity contribution in [1.82, 2.24) is 5.32 Å². The summed E-state index contributed by atoms with van der Waals surface area (Å²) in [7, 11) is 1.57. The SMILES string of the molecule is COc1ccc2c(c1)CC(C(=O)NC(C)(C)C(=O)O)CO2. The highest BCUT2D eigenvalue weighted by atomic mass is 16.5. The fourth-order valence-corrected chi connectivity index (χ4v) is 2.13. The second-order valence-corrected chi connectivity index (χ2v) is 5.61. The van der Waals surface area contributed by atoms with Crippen LogP contribution < -0.4 is 14.8 Å². The minimum atomic E-state index is -1.30. The molecule has 1 aliphatic heterocycles. The molecule has 6 nitrogen and oxygen atoms in total. The number of benzene rings is 1. The predicted molar refractivity (Wildman–Crippen MR) is 75.5 cm³/mol. The maximum absolute atomic E-state index is 12.2. The summed E-state index contributed by atoms with van der Waals surface area (Å²) in [6.45, 7) is 3.14. The minimum Gasteiger partial charge on any atom is -0.497 e. The number of carbonyl (C=O) groups is 2. The van der Waals surface area contributed by atoms with Gasteiger partial charge in [0.1, 0.15) is 23.6 Å². The Balaban J connectivity index is 2.10.